The molecule has 1 heterocycles. The summed E-state index contributed by atoms with van der Waals surface area (Å²) >= 11 is 0. The molecule has 0 aromatic carbocycles. The fourth-order valence-corrected chi connectivity index (χ4v) is 8.23. The van der Waals surface area contributed by atoms with E-state index in [1.165, 1.54) is 0 Å². The maximum Gasteiger partial charge on any atom is 0.391 e. The molecule has 1 N–H and O–H groups in total. The average Bonchev–Trinajstić information content (AvgIpc) is 2.89. The summed E-state index contributed by atoms with van der Waals surface area (Å²) in [5.41, 5.74) is -0.692. The van der Waals surface area contributed by atoms with Gasteiger partial charge in [-0.2, -0.15) is 26.3 Å². The van der Waals surface area contributed by atoms with E-state index in [1.54, 1.807) is 0 Å². The standard InChI is InChI=1S/C28H44F6N2O/c29-27(30,31)23-16-20(17-24(18-23)28(32,33)34)19-35-25(37)26(21-10-4-1-5-11-21,22-12-6-2-7-13-22)36-14-8-3-9-15-36/h20-24H,1-19H2,(H,35,37). The molecule has 0 radical (unpaired) electrons. The molecule has 1 amide bonds. The molecular weight excluding hydrogens is 494 g/mol. The maximum absolute atomic E-state index is 14.4. The van der Waals surface area contributed by atoms with Crippen molar-refractivity contribution >= 4 is 5.91 Å². The first-order chi connectivity index (χ1) is 17.5. The van der Waals surface area contributed by atoms with Crippen LogP contribution in [0.2, 0.25) is 0 Å². The van der Waals surface area contributed by atoms with Gasteiger partial charge >= 0.3 is 12.4 Å². The minimum absolute atomic E-state index is 0.104. The summed E-state index contributed by atoms with van der Waals surface area (Å²) < 4.78 is 81.2. The zero-order chi connectivity index (χ0) is 26.7. The highest BCUT2D eigenvalue weighted by molar-refractivity contribution is 5.87. The van der Waals surface area contributed by atoms with E-state index in [1.807, 2.05) is 0 Å². The van der Waals surface area contributed by atoms with Gasteiger partial charge in [-0.15, -0.1) is 0 Å². The second-order valence-corrected chi connectivity index (χ2v) is 12.3. The molecular formula is C28H44F6N2O. The van der Waals surface area contributed by atoms with Gasteiger partial charge in [0.15, 0.2) is 0 Å². The summed E-state index contributed by atoms with van der Waals surface area (Å²) in [5, 5.41) is 3.01. The molecule has 3 aliphatic carbocycles. The van der Waals surface area contributed by atoms with Crippen LogP contribution in [0.4, 0.5) is 26.3 Å². The molecule has 1 saturated heterocycles. The van der Waals surface area contributed by atoms with Gasteiger partial charge in [0, 0.05) is 6.54 Å². The predicted molar refractivity (Wildman–Crippen MR) is 131 cm³/mol. The van der Waals surface area contributed by atoms with E-state index in [-0.39, 0.29) is 37.1 Å². The van der Waals surface area contributed by atoms with Gasteiger partial charge in [0.2, 0.25) is 5.91 Å². The van der Waals surface area contributed by atoms with Crippen molar-refractivity contribution in [1.29, 1.82) is 0 Å². The highest BCUT2D eigenvalue weighted by atomic mass is 19.4. The quantitative estimate of drug-likeness (QED) is 0.353. The van der Waals surface area contributed by atoms with Crippen molar-refractivity contribution in [3.8, 4) is 0 Å². The molecule has 4 rings (SSSR count). The maximum atomic E-state index is 14.4. The Morgan fingerprint density at radius 3 is 1.49 bits per heavy atom. The minimum Gasteiger partial charge on any atom is -0.354 e. The summed E-state index contributed by atoms with van der Waals surface area (Å²) in [6, 6.07) is 0. The van der Waals surface area contributed by atoms with Gasteiger partial charge in [-0.1, -0.05) is 44.9 Å². The Labute approximate surface area is 217 Å². The van der Waals surface area contributed by atoms with Gasteiger partial charge in [0.05, 0.1) is 11.8 Å². The number of carbonyl (C=O) groups is 1. The van der Waals surface area contributed by atoms with Crippen LogP contribution in [-0.4, -0.2) is 48.3 Å². The summed E-state index contributed by atoms with van der Waals surface area (Å²) in [7, 11) is 0. The number of rotatable bonds is 6. The van der Waals surface area contributed by atoms with Crippen molar-refractivity contribution in [2.75, 3.05) is 19.6 Å². The van der Waals surface area contributed by atoms with Crippen LogP contribution in [-0.2, 0) is 4.79 Å². The number of amides is 1. The first-order valence-electron chi connectivity index (χ1n) is 14.7. The average molecular weight is 539 g/mol. The Morgan fingerprint density at radius 1 is 0.622 bits per heavy atom. The lowest BCUT2D eigenvalue weighted by molar-refractivity contribution is -0.228. The van der Waals surface area contributed by atoms with Crippen LogP contribution >= 0.6 is 0 Å². The molecule has 3 saturated carbocycles. The Morgan fingerprint density at radius 2 is 1.05 bits per heavy atom. The number of hydrogen-bond acceptors (Lipinski definition) is 2. The van der Waals surface area contributed by atoms with Crippen LogP contribution in [0.15, 0.2) is 0 Å². The SMILES string of the molecule is O=C(NCC1CC(C(F)(F)F)CC(C(F)(F)F)C1)C(C1CCCCC1)(C1CCCCC1)N1CCCCC1. The zero-order valence-electron chi connectivity index (χ0n) is 21.9. The van der Waals surface area contributed by atoms with Crippen LogP contribution in [0.3, 0.4) is 0 Å². The van der Waals surface area contributed by atoms with Crippen LogP contribution < -0.4 is 5.32 Å². The predicted octanol–water partition coefficient (Wildman–Crippen LogP) is 7.65. The van der Waals surface area contributed by atoms with E-state index < -0.39 is 42.1 Å². The molecule has 0 spiro atoms. The molecule has 0 aromatic rings. The highest BCUT2D eigenvalue weighted by Gasteiger charge is 2.56. The Bertz CT molecular complexity index is 668. The number of halogens is 6. The largest absolute Gasteiger partial charge is 0.391 e. The Kier molecular flexibility index (Phi) is 9.43. The lowest BCUT2D eigenvalue weighted by atomic mass is 9.62. The molecule has 37 heavy (non-hydrogen) atoms. The van der Waals surface area contributed by atoms with Crippen LogP contribution in [0.5, 0.6) is 0 Å². The van der Waals surface area contributed by atoms with E-state index in [2.05, 4.69) is 10.2 Å². The number of alkyl halides is 6. The fraction of sp³-hybridized carbons (Fsp3) is 0.964. The summed E-state index contributed by atoms with van der Waals surface area (Å²) in [4.78, 5) is 16.8. The van der Waals surface area contributed by atoms with Crippen molar-refractivity contribution in [1.82, 2.24) is 10.2 Å². The molecule has 214 valence electrons. The molecule has 0 bridgehead atoms. The second-order valence-electron chi connectivity index (χ2n) is 12.3. The number of likely N-dealkylation sites (tertiary alicyclic amines) is 1. The third kappa shape index (κ3) is 6.60. The highest BCUT2D eigenvalue weighted by Crippen LogP contribution is 2.49. The third-order valence-corrected chi connectivity index (χ3v) is 9.98. The minimum atomic E-state index is -4.66. The van der Waals surface area contributed by atoms with Crippen molar-refractivity contribution in [3.05, 3.63) is 0 Å². The van der Waals surface area contributed by atoms with Crippen molar-refractivity contribution in [2.24, 2.45) is 29.6 Å². The van der Waals surface area contributed by atoms with Gasteiger partial charge in [-0.05, 0) is 88.6 Å². The first-order valence-corrected chi connectivity index (χ1v) is 14.7. The monoisotopic (exact) mass is 538 g/mol. The number of hydrogen-bond donors (Lipinski definition) is 1. The van der Waals surface area contributed by atoms with Gasteiger partial charge in [0.1, 0.15) is 5.54 Å². The first kappa shape index (κ1) is 29.0. The molecule has 0 aromatic heterocycles. The van der Waals surface area contributed by atoms with E-state index in [0.29, 0.717) is 0 Å². The summed E-state index contributed by atoms with van der Waals surface area (Å²) in [6.45, 7) is 1.58. The molecule has 1 aliphatic heterocycles. The van der Waals surface area contributed by atoms with E-state index in [0.717, 1.165) is 96.6 Å². The Balaban J connectivity index is 1.58. The molecule has 4 fully saturated rings. The molecule has 2 atom stereocenters. The van der Waals surface area contributed by atoms with Gasteiger partial charge in [-0.3, -0.25) is 9.69 Å². The van der Waals surface area contributed by atoms with E-state index in [9.17, 15) is 31.1 Å². The van der Waals surface area contributed by atoms with Gasteiger partial charge in [-0.25, -0.2) is 0 Å². The summed E-state index contributed by atoms with van der Waals surface area (Å²) in [5.74, 6) is -4.51. The second kappa shape index (κ2) is 12.0. The van der Waals surface area contributed by atoms with Crippen LogP contribution in [0.1, 0.15) is 103 Å². The number of piperidine rings is 1. The van der Waals surface area contributed by atoms with Crippen LogP contribution in [0, 0.1) is 29.6 Å². The molecule has 4 aliphatic rings. The topological polar surface area (TPSA) is 32.3 Å². The summed E-state index contributed by atoms with van der Waals surface area (Å²) in [6.07, 6.45) is 2.73. The van der Waals surface area contributed by atoms with Crippen LogP contribution in [0.25, 0.3) is 0 Å². The lowest BCUT2D eigenvalue weighted by Gasteiger charge is -2.55. The Hall–Kier alpha value is -0.990. The number of carbonyl (C=O) groups excluding carboxylic acids is 1. The number of nitrogens with one attached hydrogen (secondary N) is 1. The smallest absolute Gasteiger partial charge is 0.354 e. The molecule has 2 unspecified atom stereocenters. The van der Waals surface area contributed by atoms with Crippen molar-refractivity contribution < 1.29 is 31.1 Å². The molecule has 3 nitrogen and oxygen atoms in total. The van der Waals surface area contributed by atoms with E-state index in [4.69, 9.17) is 0 Å². The molecule has 9 heteroatoms. The fourth-order valence-electron chi connectivity index (χ4n) is 8.23. The van der Waals surface area contributed by atoms with Gasteiger partial charge in [0.25, 0.3) is 0 Å². The van der Waals surface area contributed by atoms with Gasteiger partial charge < -0.3 is 5.32 Å². The van der Waals surface area contributed by atoms with Crippen molar-refractivity contribution in [2.45, 2.75) is 121 Å². The van der Waals surface area contributed by atoms with E-state index >= 15 is 0 Å². The normalized spacial score (nSPS) is 30.3. The third-order valence-electron chi connectivity index (χ3n) is 9.98. The zero-order valence-corrected chi connectivity index (χ0v) is 21.9. The van der Waals surface area contributed by atoms with Crippen molar-refractivity contribution in [3.63, 3.8) is 0 Å². The number of nitrogens with zero attached hydrogens (tertiary/aromatic N) is 1. The lowest BCUT2D eigenvalue weighted by Crippen LogP contribution is -2.68.